The Morgan fingerprint density at radius 2 is 2.09 bits per heavy atom. The molecule has 1 aliphatic heterocycles. The zero-order valence-corrected chi connectivity index (χ0v) is 13.3. The third kappa shape index (κ3) is 3.40. The van der Waals surface area contributed by atoms with Gasteiger partial charge < -0.3 is 19.5 Å². The van der Waals surface area contributed by atoms with Crippen molar-refractivity contribution in [2.24, 2.45) is 0 Å². The van der Waals surface area contributed by atoms with Crippen molar-refractivity contribution in [2.45, 2.75) is 19.0 Å². The number of methoxy groups -OCH3 is 2. The number of rotatable bonds is 5. The number of nitrogens with one attached hydrogen (secondary N) is 1. The summed E-state index contributed by atoms with van der Waals surface area (Å²) >= 11 is 0. The number of para-hydroxylation sites is 1. The molecule has 23 heavy (non-hydrogen) atoms. The summed E-state index contributed by atoms with van der Waals surface area (Å²) < 4.78 is 30.1. The molecule has 2 aromatic rings. The van der Waals surface area contributed by atoms with Gasteiger partial charge in [-0.15, -0.1) is 0 Å². The van der Waals surface area contributed by atoms with Crippen LogP contribution in [0.1, 0.15) is 11.1 Å². The van der Waals surface area contributed by atoms with Crippen LogP contribution in [0.25, 0.3) is 0 Å². The number of benzene rings is 2. The van der Waals surface area contributed by atoms with E-state index in [1.807, 2.05) is 18.2 Å². The maximum atomic E-state index is 13.9. The van der Waals surface area contributed by atoms with Crippen LogP contribution in [0.5, 0.6) is 17.2 Å². The first-order valence-corrected chi connectivity index (χ1v) is 7.55. The zero-order valence-electron chi connectivity index (χ0n) is 13.3. The standard InChI is InChI=1S/C18H20FNO3/c1-21-15-6-7-16(19)13(9-15)10-20-14-8-12-4-3-5-17(22-2)18(12)23-11-14/h3-7,9,14,20H,8,10-11H2,1-2H3/t14-/m1/s1. The largest absolute Gasteiger partial charge is 0.497 e. The Bertz CT molecular complexity index is 690. The first-order chi connectivity index (χ1) is 11.2. The van der Waals surface area contributed by atoms with Crippen molar-refractivity contribution >= 4 is 0 Å². The highest BCUT2D eigenvalue weighted by molar-refractivity contribution is 5.48. The Morgan fingerprint density at radius 3 is 2.87 bits per heavy atom. The smallest absolute Gasteiger partial charge is 0.164 e. The number of fused-ring (bicyclic) bond motifs is 1. The highest BCUT2D eigenvalue weighted by Crippen LogP contribution is 2.34. The van der Waals surface area contributed by atoms with E-state index in [0.717, 1.165) is 23.5 Å². The van der Waals surface area contributed by atoms with Crippen LogP contribution >= 0.6 is 0 Å². The van der Waals surface area contributed by atoms with Gasteiger partial charge >= 0.3 is 0 Å². The summed E-state index contributed by atoms with van der Waals surface area (Å²) in [6.45, 7) is 0.954. The Hall–Kier alpha value is -2.27. The third-order valence-corrected chi connectivity index (χ3v) is 4.01. The summed E-state index contributed by atoms with van der Waals surface area (Å²) in [5.74, 6) is 1.97. The van der Waals surface area contributed by atoms with Crippen molar-refractivity contribution in [3.63, 3.8) is 0 Å². The van der Waals surface area contributed by atoms with Crippen LogP contribution in [0.2, 0.25) is 0 Å². The lowest BCUT2D eigenvalue weighted by molar-refractivity contribution is 0.226. The molecule has 1 heterocycles. The zero-order chi connectivity index (χ0) is 16.2. The Balaban J connectivity index is 1.66. The molecule has 0 aliphatic carbocycles. The monoisotopic (exact) mass is 317 g/mol. The average Bonchev–Trinajstić information content (AvgIpc) is 2.60. The van der Waals surface area contributed by atoms with Crippen molar-refractivity contribution in [3.8, 4) is 17.2 Å². The van der Waals surface area contributed by atoms with E-state index in [9.17, 15) is 4.39 Å². The SMILES string of the molecule is COc1ccc(F)c(CN[C@H]2COc3c(cccc3OC)C2)c1. The Kier molecular flexibility index (Phi) is 4.67. The molecule has 4 nitrogen and oxygen atoms in total. The molecule has 0 fully saturated rings. The van der Waals surface area contributed by atoms with Crippen molar-refractivity contribution in [1.82, 2.24) is 5.32 Å². The van der Waals surface area contributed by atoms with Crippen molar-refractivity contribution in [3.05, 3.63) is 53.3 Å². The van der Waals surface area contributed by atoms with Gasteiger partial charge in [-0.3, -0.25) is 0 Å². The van der Waals surface area contributed by atoms with Gasteiger partial charge in [-0.1, -0.05) is 12.1 Å². The van der Waals surface area contributed by atoms with E-state index in [1.54, 1.807) is 26.4 Å². The molecule has 3 rings (SSSR count). The molecule has 0 aromatic heterocycles. The molecule has 0 spiro atoms. The Labute approximate surface area is 135 Å². The van der Waals surface area contributed by atoms with Crippen LogP contribution in [0, 0.1) is 5.82 Å². The minimum atomic E-state index is -0.239. The number of hydrogen-bond donors (Lipinski definition) is 1. The fraction of sp³-hybridized carbons (Fsp3) is 0.333. The van der Waals surface area contributed by atoms with Crippen LogP contribution in [-0.4, -0.2) is 26.9 Å². The number of halogens is 1. The van der Waals surface area contributed by atoms with Gasteiger partial charge in [0.15, 0.2) is 11.5 Å². The summed E-state index contributed by atoms with van der Waals surface area (Å²) in [5, 5.41) is 3.35. The van der Waals surface area contributed by atoms with Gasteiger partial charge in [0.1, 0.15) is 18.2 Å². The van der Waals surface area contributed by atoms with Crippen LogP contribution < -0.4 is 19.5 Å². The van der Waals surface area contributed by atoms with Crippen molar-refractivity contribution in [2.75, 3.05) is 20.8 Å². The summed E-state index contributed by atoms with van der Waals surface area (Å²) in [7, 11) is 3.21. The third-order valence-electron chi connectivity index (χ3n) is 4.01. The van der Waals surface area contributed by atoms with E-state index in [1.165, 1.54) is 6.07 Å². The lowest BCUT2D eigenvalue weighted by Crippen LogP contribution is -2.39. The molecule has 0 amide bonds. The average molecular weight is 317 g/mol. The molecule has 1 atom stereocenters. The van der Waals surface area contributed by atoms with E-state index in [4.69, 9.17) is 14.2 Å². The predicted molar refractivity (Wildman–Crippen MR) is 85.8 cm³/mol. The molecule has 2 aromatic carbocycles. The van der Waals surface area contributed by atoms with Crippen LogP contribution in [0.15, 0.2) is 36.4 Å². The van der Waals surface area contributed by atoms with Crippen LogP contribution in [0.4, 0.5) is 4.39 Å². The lowest BCUT2D eigenvalue weighted by atomic mass is 10.0. The molecule has 0 unspecified atom stereocenters. The molecule has 0 saturated heterocycles. The minimum absolute atomic E-state index is 0.125. The van der Waals surface area contributed by atoms with E-state index >= 15 is 0 Å². The molecule has 1 N–H and O–H groups in total. The van der Waals surface area contributed by atoms with Crippen LogP contribution in [-0.2, 0) is 13.0 Å². The second-order valence-corrected chi connectivity index (χ2v) is 5.50. The molecular weight excluding hydrogens is 297 g/mol. The van der Waals surface area contributed by atoms with Gasteiger partial charge in [-0.25, -0.2) is 4.39 Å². The molecular formula is C18H20FNO3. The van der Waals surface area contributed by atoms with E-state index in [-0.39, 0.29) is 11.9 Å². The second-order valence-electron chi connectivity index (χ2n) is 5.50. The number of hydrogen-bond acceptors (Lipinski definition) is 4. The van der Waals surface area contributed by atoms with Gasteiger partial charge in [0.05, 0.1) is 14.2 Å². The van der Waals surface area contributed by atoms with Gasteiger partial charge in [0.2, 0.25) is 0 Å². The predicted octanol–water partition coefficient (Wildman–Crippen LogP) is 2.94. The normalized spacial score (nSPS) is 16.4. The molecule has 5 heteroatoms. The summed E-state index contributed by atoms with van der Waals surface area (Å²) in [4.78, 5) is 0. The maximum Gasteiger partial charge on any atom is 0.164 e. The number of ether oxygens (including phenoxy) is 3. The minimum Gasteiger partial charge on any atom is -0.497 e. The molecule has 1 aliphatic rings. The summed E-state index contributed by atoms with van der Waals surface area (Å²) in [5.41, 5.74) is 1.68. The second kappa shape index (κ2) is 6.87. The lowest BCUT2D eigenvalue weighted by Gasteiger charge is -2.27. The summed E-state index contributed by atoms with van der Waals surface area (Å²) in [6, 6.07) is 10.7. The Morgan fingerprint density at radius 1 is 1.22 bits per heavy atom. The van der Waals surface area contributed by atoms with Gasteiger partial charge in [0.25, 0.3) is 0 Å². The topological polar surface area (TPSA) is 39.7 Å². The van der Waals surface area contributed by atoms with E-state index in [2.05, 4.69) is 5.32 Å². The van der Waals surface area contributed by atoms with Gasteiger partial charge in [-0.05, 0) is 36.2 Å². The van der Waals surface area contributed by atoms with Crippen molar-refractivity contribution in [1.29, 1.82) is 0 Å². The molecule has 0 saturated carbocycles. The fourth-order valence-electron chi connectivity index (χ4n) is 2.75. The van der Waals surface area contributed by atoms with E-state index in [0.29, 0.717) is 24.5 Å². The quantitative estimate of drug-likeness (QED) is 0.920. The van der Waals surface area contributed by atoms with Crippen LogP contribution in [0.3, 0.4) is 0 Å². The molecule has 122 valence electrons. The fourth-order valence-corrected chi connectivity index (χ4v) is 2.75. The van der Waals surface area contributed by atoms with Crippen molar-refractivity contribution < 1.29 is 18.6 Å². The maximum absolute atomic E-state index is 13.9. The highest BCUT2D eigenvalue weighted by Gasteiger charge is 2.22. The van der Waals surface area contributed by atoms with Gasteiger partial charge in [0, 0.05) is 18.2 Å². The highest BCUT2D eigenvalue weighted by atomic mass is 19.1. The van der Waals surface area contributed by atoms with E-state index < -0.39 is 0 Å². The molecule has 0 radical (unpaired) electrons. The summed E-state index contributed by atoms with van der Waals surface area (Å²) in [6.07, 6.45) is 0.818. The first kappa shape index (κ1) is 15.6. The molecule has 0 bridgehead atoms. The first-order valence-electron chi connectivity index (χ1n) is 7.55. The van der Waals surface area contributed by atoms with Gasteiger partial charge in [-0.2, -0.15) is 0 Å².